The predicted molar refractivity (Wildman–Crippen MR) is 87.5 cm³/mol. The average molecular weight is 326 g/mol. The van der Waals surface area contributed by atoms with Gasteiger partial charge in [0.15, 0.2) is 0 Å². The first kappa shape index (κ1) is 16.2. The van der Waals surface area contributed by atoms with Crippen molar-refractivity contribution in [1.82, 2.24) is 15.5 Å². The number of nitrogens with zero attached hydrogens (tertiary/aromatic N) is 2. The zero-order valence-corrected chi connectivity index (χ0v) is 14.3. The molecule has 0 fully saturated rings. The molecule has 1 aromatic carbocycles. The van der Waals surface area contributed by atoms with Gasteiger partial charge in [0.25, 0.3) is 5.19 Å². The van der Waals surface area contributed by atoms with Gasteiger partial charge in [-0.3, -0.25) is 0 Å². The van der Waals surface area contributed by atoms with Crippen molar-refractivity contribution in [3.05, 3.63) is 33.3 Å². The van der Waals surface area contributed by atoms with E-state index in [9.17, 15) is 0 Å². The van der Waals surface area contributed by atoms with Gasteiger partial charge in [0.2, 0.25) is 0 Å². The highest BCUT2D eigenvalue weighted by atomic mass is 35.5. The summed E-state index contributed by atoms with van der Waals surface area (Å²) in [7, 11) is 0. The first-order valence-electron chi connectivity index (χ1n) is 6.93. The SMILES string of the molecule is Cc1cc(Oc2nnc(CNCC(C)C)s2)cc(C)c1Cl. The fourth-order valence-electron chi connectivity index (χ4n) is 1.88. The zero-order valence-electron chi connectivity index (χ0n) is 12.7. The van der Waals surface area contributed by atoms with Crippen LogP contribution in [0.25, 0.3) is 0 Å². The summed E-state index contributed by atoms with van der Waals surface area (Å²) in [6, 6.07) is 3.82. The van der Waals surface area contributed by atoms with E-state index in [-0.39, 0.29) is 0 Å². The summed E-state index contributed by atoms with van der Waals surface area (Å²) >= 11 is 7.61. The van der Waals surface area contributed by atoms with Crippen LogP contribution in [0.4, 0.5) is 0 Å². The molecular formula is C15H20ClN3OS. The molecule has 0 spiro atoms. The van der Waals surface area contributed by atoms with Gasteiger partial charge >= 0.3 is 0 Å². The van der Waals surface area contributed by atoms with Gasteiger partial charge in [0.05, 0.1) is 0 Å². The van der Waals surface area contributed by atoms with E-state index in [1.54, 1.807) is 0 Å². The Labute approximate surface area is 134 Å². The van der Waals surface area contributed by atoms with Gasteiger partial charge in [0.1, 0.15) is 10.8 Å². The number of benzene rings is 1. The monoisotopic (exact) mass is 325 g/mol. The molecule has 2 aromatic rings. The molecular weight excluding hydrogens is 306 g/mol. The molecule has 0 amide bonds. The summed E-state index contributed by atoms with van der Waals surface area (Å²) in [6.07, 6.45) is 0. The molecule has 0 saturated carbocycles. The minimum atomic E-state index is 0.553. The predicted octanol–water partition coefficient (Wildman–Crippen LogP) is 4.35. The van der Waals surface area contributed by atoms with Crippen LogP contribution in [-0.4, -0.2) is 16.7 Å². The Kier molecular flexibility index (Phi) is 5.56. The Morgan fingerprint density at radius 2 is 1.90 bits per heavy atom. The van der Waals surface area contributed by atoms with E-state index in [2.05, 4.69) is 29.4 Å². The fraction of sp³-hybridized carbons (Fsp3) is 0.467. The van der Waals surface area contributed by atoms with Crippen LogP contribution in [-0.2, 0) is 6.54 Å². The minimum absolute atomic E-state index is 0.553. The van der Waals surface area contributed by atoms with E-state index in [4.69, 9.17) is 16.3 Å². The van der Waals surface area contributed by atoms with Crippen molar-refractivity contribution < 1.29 is 4.74 Å². The van der Waals surface area contributed by atoms with Crippen molar-refractivity contribution in [2.45, 2.75) is 34.2 Å². The molecule has 21 heavy (non-hydrogen) atoms. The summed E-state index contributed by atoms with van der Waals surface area (Å²) < 4.78 is 5.76. The van der Waals surface area contributed by atoms with Crippen molar-refractivity contribution in [2.24, 2.45) is 5.92 Å². The molecule has 114 valence electrons. The first-order chi connectivity index (χ1) is 9.95. The highest BCUT2D eigenvalue weighted by molar-refractivity contribution is 7.13. The second-order valence-corrected chi connectivity index (χ2v) is 6.86. The van der Waals surface area contributed by atoms with Crippen LogP contribution >= 0.6 is 22.9 Å². The van der Waals surface area contributed by atoms with Gasteiger partial charge in [0, 0.05) is 11.6 Å². The topological polar surface area (TPSA) is 47.0 Å². The Bertz CT molecular complexity index is 590. The summed E-state index contributed by atoms with van der Waals surface area (Å²) in [5.41, 5.74) is 1.99. The van der Waals surface area contributed by atoms with E-state index in [0.29, 0.717) is 11.1 Å². The van der Waals surface area contributed by atoms with Gasteiger partial charge in [-0.05, 0) is 49.6 Å². The van der Waals surface area contributed by atoms with Crippen LogP contribution in [0.2, 0.25) is 5.02 Å². The molecule has 2 rings (SSSR count). The second-order valence-electron chi connectivity index (χ2n) is 5.46. The quantitative estimate of drug-likeness (QED) is 0.858. The van der Waals surface area contributed by atoms with Gasteiger partial charge in [-0.25, -0.2) is 0 Å². The Balaban J connectivity index is 1.99. The summed E-state index contributed by atoms with van der Waals surface area (Å²) in [5, 5.41) is 13.8. The molecule has 0 aliphatic heterocycles. The van der Waals surface area contributed by atoms with Gasteiger partial charge in [-0.2, -0.15) is 0 Å². The van der Waals surface area contributed by atoms with Crippen molar-refractivity contribution >= 4 is 22.9 Å². The third-order valence-electron chi connectivity index (χ3n) is 2.89. The van der Waals surface area contributed by atoms with E-state index >= 15 is 0 Å². The maximum absolute atomic E-state index is 6.15. The minimum Gasteiger partial charge on any atom is -0.430 e. The normalized spacial score (nSPS) is 11.1. The molecule has 0 saturated heterocycles. The number of aryl methyl sites for hydroxylation is 2. The molecule has 0 bridgehead atoms. The number of nitrogens with one attached hydrogen (secondary N) is 1. The number of aromatic nitrogens is 2. The first-order valence-corrected chi connectivity index (χ1v) is 8.13. The lowest BCUT2D eigenvalue weighted by Gasteiger charge is -2.06. The molecule has 4 nitrogen and oxygen atoms in total. The molecule has 6 heteroatoms. The summed E-state index contributed by atoms with van der Waals surface area (Å²) in [6.45, 7) is 9.95. The number of halogens is 1. The van der Waals surface area contributed by atoms with Crippen LogP contribution in [0.1, 0.15) is 30.0 Å². The zero-order chi connectivity index (χ0) is 15.4. The van der Waals surface area contributed by atoms with E-state index in [1.807, 2.05) is 26.0 Å². The van der Waals surface area contributed by atoms with Crippen LogP contribution in [0, 0.1) is 19.8 Å². The van der Waals surface area contributed by atoms with Crippen LogP contribution in [0.3, 0.4) is 0 Å². The molecule has 0 atom stereocenters. The van der Waals surface area contributed by atoms with E-state index < -0.39 is 0 Å². The molecule has 0 unspecified atom stereocenters. The number of hydrogen-bond acceptors (Lipinski definition) is 5. The third kappa shape index (κ3) is 4.66. The Morgan fingerprint density at radius 1 is 1.24 bits per heavy atom. The van der Waals surface area contributed by atoms with Crippen molar-refractivity contribution in [2.75, 3.05) is 6.54 Å². The fourth-order valence-corrected chi connectivity index (χ4v) is 2.67. The largest absolute Gasteiger partial charge is 0.430 e. The lowest BCUT2D eigenvalue weighted by Crippen LogP contribution is -2.18. The molecule has 1 heterocycles. The smallest absolute Gasteiger partial charge is 0.299 e. The van der Waals surface area contributed by atoms with E-state index in [1.165, 1.54) is 11.3 Å². The van der Waals surface area contributed by atoms with E-state index in [0.717, 1.165) is 40.0 Å². The van der Waals surface area contributed by atoms with Crippen LogP contribution in [0.5, 0.6) is 10.9 Å². The number of hydrogen-bond donors (Lipinski definition) is 1. The molecule has 0 radical (unpaired) electrons. The maximum atomic E-state index is 6.15. The second kappa shape index (κ2) is 7.20. The van der Waals surface area contributed by atoms with Gasteiger partial charge in [-0.1, -0.05) is 41.9 Å². The highest BCUT2D eigenvalue weighted by Crippen LogP contribution is 2.30. The molecule has 0 aliphatic rings. The van der Waals surface area contributed by atoms with Crippen molar-refractivity contribution in [1.29, 1.82) is 0 Å². The highest BCUT2D eigenvalue weighted by Gasteiger charge is 2.09. The average Bonchev–Trinajstić information content (AvgIpc) is 2.83. The molecule has 1 aromatic heterocycles. The maximum Gasteiger partial charge on any atom is 0.299 e. The third-order valence-corrected chi connectivity index (χ3v) is 4.29. The molecule has 1 N–H and O–H groups in total. The molecule has 0 aliphatic carbocycles. The number of ether oxygens (including phenoxy) is 1. The summed E-state index contributed by atoms with van der Waals surface area (Å²) in [4.78, 5) is 0. The van der Waals surface area contributed by atoms with Crippen LogP contribution in [0.15, 0.2) is 12.1 Å². The van der Waals surface area contributed by atoms with Crippen molar-refractivity contribution in [3.8, 4) is 10.9 Å². The lowest BCUT2D eigenvalue weighted by atomic mass is 10.1. The lowest BCUT2D eigenvalue weighted by molar-refractivity contribution is 0.472. The summed E-state index contributed by atoms with van der Waals surface area (Å²) in [5.74, 6) is 1.36. The number of rotatable bonds is 6. The van der Waals surface area contributed by atoms with Gasteiger partial charge < -0.3 is 10.1 Å². The van der Waals surface area contributed by atoms with Crippen LogP contribution < -0.4 is 10.1 Å². The van der Waals surface area contributed by atoms with Gasteiger partial charge in [-0.15, -0.1) is 5.10 Å². The van der Waals surface area contributed by atoms with Crippen molar-refractivity contribution in [3.63, 3.8) is 0 Å². The standard InChI is InChI=1S/C15H20ClN3OS/c1-9(2)7-17-8-13-18-19-15(21-13)20-12-5-10(3)14(16)11(4)6-12/h5-6,9,17H,7-8H2,1-4H3. The Hall–Kier alpha value is -1.17. The Morgan fingerprint density at radius 3 is 2.52 bits per heavy atom.